The molecule has 1 heterocycles. The molecule has 1 aromatic carbocycles. The largest absolute Gasteiger partial charge is 0.468 e. The molecule has 3 nitrogen and oxygen atoms in total. The minimum atomic E-state index is -0.259. The number of hydrogen-bond acceptors (Lipinski definition) is 3. The third-order valence-corrected chi connectivity index (χ3v) is 4.02. The van der Waals surface area contributed by atoms with Crippen LogP contribution in [0.25, 0.3) is 0 Å². The van der Waals surface area contributed by atoms with Crippen LogP contribution in [-0.2, 0) is 6.54 Å². The highest BCUT2D eigenvalue weighted by Crippen LogP contribution is 2.29. The molecule has 0 radical (unpaired) electrons. The van der Waals surface area contributed by atoms with Crippen molar-refractivity contribution in [3.05, 3.63) is 58.2 Å². The maximum atomic E-state index is 13.2. The molecule has 2 aromatic rings. The van der Waals surface area contributed by atoms with Crippen LogP contribution in [0.1, 0.15) is 24.3 Å². The standard InChI is InChI=1S/C15H18BrFN2O/c1-2-19(10-12-4-3-7-20-12)15(9-18)13-6-5-11(17)8-14(13)16/h3-8,15H,2,9-10,18H2,1H3. The van der Waals surface area contributed by atoms with E-state index in [2.05, 4.69) is 27.8 Å². The molecule has 1 unspecified atom stereocenters. The van der Waals surface area contributed by atoms with E-state index in [0.29, 0.717) is 13.1 Å². The first-order chi connectivity index (χ1) is 9.65. The second kappa shape index (κ2) is 7.02. The van der Waals surface area contributed by atoms with Crippen LogP contribution in [0.2, 0.25) is 0 Å². The fourth-order valence-corrected chi connectivity index (χ4v) is 2.90. The summed E-state index contributed by atoms with van der Waals surface area (Å²) in [5.41, 5.74) is 6.92. The number of halogens is 2. The number of rotatable bonds is 6. The molecule has 5 heteroatoms. The summed E-state index contributed by atoms with van der Waals surface area (Å²) in [7, 11) is 0. The smallest absolute Gasteiger partial charge is 0.124 e. The Hall–Kier alpha value is -1.17. The first-order valence-electron chi connectivity index (χ1n) is 6.57. The minimum Gasteiger partial charge on any atom is -0.468 e. The lowest BCUT2D eigenvalue weighted by atomic mass is 10.0. The zero-order chi connectivity index (χ0) is 14.5. The van der Waals surface area contributed by atoms with Gasteiger partial charge in [-0.3, -0.25) is 4.90 Å². The molecule has 2 rings (SSSR count). The number of nitrogens with zero attached hydrogens (tertiary/aromatic N) is 1. The Balaban J connectivity index is 2.24. The first-order valence-corrected chi connectivity index (χ1v) is 7.36. The normalized spacial score (nSPS) is 12.8. The third kappa shape index (κ3) is 3.48. The molecule has 0 aliphatic heterocycles. The monoisotopic (exact) mass is 340 g/mol. The molecular formula is C15H18BrFN2O. The van der Waals surface area contributed by atoms with Crippen molar-refractivity contribution in [2.24, 2.45) is 5.73 Å². The number of benzene rings is 1. The Morgan fingerprint density at radius 3 is 2.75 bits per heavy atom. The Bertz CT molecular complexity index is 545. The Morgan fingerprint density at radius 1 is 1.40 bits per heavy atom. The van der Waals surface area contributed by atoms with Gasteiger partial charge in [-0.1, -0.05) is 28.9 Å². The molecule has 0 aliphatic rings. The quantitative estimate of drug-likeness (QED) is 0.871. The van der Waals surface area contributed by atoms with Gasteiger partial charge < -0.3 is 10.2 Å². The summed E-state index contributed by atoms with van der Waals surface area (Å²) in [6.07, 6.45) is 1.66. The van der Waals surface area contributed by atoms with Gasteiger partial charge in [0.1, 0.15) is 11.6 Å². The van der Waals surface area contributed by atoms with Crippen molar-refractivity contribution in [1.29, 1.82) is 0 Å². The van der Waals surface area contributed by atoms with E-state index >= 15 is 0 Å². The topological polar surface area (TPSA) is 42.4 Å². The van der Waals surface area contributed by atoms with E-state index in [4.69, 9.17) is 10.2 Å². The molecule has 108 valence electrons. The number of furan rings is 1. The van der Waals surface area contributed by atoms with Gasteiger partial charge in [0, 0.05) is 17.1 Å². The summed E-state index contributed by atoms with van der Waals surface area (Å²) < 4.78 is 19.3. The van der Waals surface area contributed by atoms with Crippen molar-refractivity contribution in [2.75, 3.05) is 13.1 Å². The fourth-order valence-electron chi connectivity index (χ4n) is 2.29. The van der Waals surface area contributed by atoms with Crippen molar-refractivity contribution in [2.45, 2.75) is 19.5 Å². The molecule has 1 aromatic heterocycles. The molecule has 0 fully saturated rings. The van der Waals surface area contributed by atoms with E-state index in [0.717, 1.165) is 22.3 Å². The predicted molar refractivity (Wildman–Crippen MR) is 80.7 cm³/mol. The second-order valence-electron chi connectivity index (χ2n) is 4.56. The van der Waals surface area contributed by atoms with E-state index in [9.17, 15) is 4.39 Å². The molecule has 20 heavy (non-hydrogen) atoms. The van der Waals surface area contributed by atoms with Gasteiger partial charge in [0.2, 0.25) is 0 Å². The number of hydrogen-bond donors (Lipinski definition) is 1. The van der Waals surface area contributed by atoms with Gasteiger partial charge in [-0.15, -0.1) is 0 Å². The predicted octanol–water partition coefficient (Wildman–Crippen LogP) is 3.70. The summed E-state index contributed by atoms with van der Waals surface area (Å²) in [4.78, 5) is 2.21. The zero-order valence-corrected chi connectivity index (χ0v) is 12.9. The van der Waals surface area contributed by atoms with E-state index in [1.807, 2.05) is 12.1 Å². The average molecular weight is 341 g/mol. The Labute approximate surface area is 126 Å². The van der Waals surface area contributed by atoms with Crippen molar-refractivity contribution < 1.29 is 8.81 Å². The highest BCUT2D eigenvalue weighted by Gasteiger charge is 2.21. The molecule has 0 amide bonds. The van der Waals surface area contributed by atoms with Gasteiger partial charge in [-0.2, -0.15) is 0 Å². The number of likely N-dealkylation sites (N-methyl/N-ethyl adjacent to an activating group) is 1. The highest BCUT2D eigenvalue weighted by atomic mass is 79.9. The molecular weight excluding hydrogens is 323 g/mol. The van der Waals surface area contributed by atoms with Crippen molar-refractivity contribution in [3.8, 4) is 0 Å². The summed E-state index contributed by atoms with van der Waals surface area (Å²) in [5.74, 6) is 0.633. The number of nitrogens with two attached hydrogens (primary N) is 1. The summed E-state index contributed by atoms with van der Waals surface area (Å²) in [6.45, 7) is 4.03. The zero-order valence-electron chi connectivity index (χ0n) is 11.4. The SMILES string of the molecule is CCN(Cc1ccco1)C(CN)c1ccc(F)cc1Br. The molecule has 0 saturated carbocycles. The van der Waals surface area contributed by atoms with Crippen LogP contribution < -0.4 is 5.73 Å². The van der Waals surface area contributed by atoms with Gasteiger partial charge in [0.05, 0.1) is 12.8 Å². The lowest BCUT2D eigenvalue weighted by Gasteiger charge is -2.30. The van der Waals surface area contributed by atoms with Crippen LogP contribution in [0.4, 0.5) is 4.39 Å². The van der Waals surface area contributed by atoms with Gasteiger partial charge in [0.15, 0.2) is 0 Å². The minimum absolute atomic E-state index is 0.0140. The van der Waals surface area contributed by atoms with Gasteiger partial charge in [-0.05, 0) is 36.4 Å². The average Bonchev–Trinajstić information content (AvgIpc) is 2.93. The maximum absolute atomic E-state index is 13.2. The van der Waals surface area contributed by atoms with Crippen molar-refractivity contribution in [3.63, 3.8) is 0 Å². The van der Waals surface area contributed by atoms with E-state index in [1.165, 1.54) is 12.1 Å². The van der Waals surface area contributed by atoms with Gasteiger partial charge >= 0.3 is 0 Å². The maximum Gasteiger partial charge on any atom is 0.124 e. The molecule has 1 atom stereocenters. The molecule has 0 spiro atoms. The summed E-state index contributed by atoms with van der Waals surface area (Å²) >= 11 is 3.42. The molecule has 0 aliphatic carbocycles. The summed E-state index contributed by atoms with van der Waals surface area (Å²) in [6, 6.07) is 8.54. The van der Waals surface area contributed by atoms with Crippen LogP contribution in [0.15, 0.2) is 45.5 Å². The van der Waals surface area contributed by atoms with Crippen LogP contribution in [-0.4, -0.2) is 18.0 Å². The lowest BCUT2D eigenvalue weighted by molar-refractivity contribution is 0.187. The van der Waals surface area contributed by atoms with E-state index in [1.54, 1.807) is 12.3 Å². The highest BCUT2D eigenvalue weighted by molar-refractivity contribution is 9.10. The Morgan fingerprint density at radius 2 is 2.20 bits per heavy atom. The lowest BCUT2D eigenvalue weighted by Crippen LogP contribution is -2.33. The van der Waals surface area contributed by atoms with Crippen molar-refractivity contribution in [1.82, 2.24) is 4.90 Å². The summed E-state index contributed by atoms with van der Waals surface area (Å²) in [5, 5.41) is 0. The van der Waals surface area contributed by atoms with Crippen LogP contribution in [0, 0.1) is 5.82 Å². The van der Waals surface area contributed by atoms with Crippen LogP contribution in [0.3, 0.4) is 0 Å². The van der Waals surface area contributed by atoms with E-state index in [-0.39, 0.29) is 11.9 Å². The fraction of sp³-hybridized carbons (Fsp3) is 0.333. The van der Waals surface area contributed by atoms with Crippen molar-refractivity contribution >= 4 is 15.9 Å². The molecule has 0 saturated heterocycles. The second-order valence-corrected chi connectivity index (χ2v) is 5.41. The van der Waals surface area contributed by atoms with Gasteiger partial charge in [0.25, 0.3) is 0 Å². The first kappa shape index (κ1) is 15.2. The third-order valence-electron chi connectivity index (χ3n) is 3.33. The van der Waals surface area contributed by atoms with Crippen LogP contribution >= 0.6 is 15.9 Å². The van der Waals surface area contributed by atoms with E-state index < -0.39 is 0 Å². The van der Waals surface area contributed by atoms with Gasteiger partial charge in [-0.25, -0.2) is 4.39 Å². The van der Waals surface area contributed by atoms with Crippen LogP contribution in [0.5, 0.6) is 0 Å². The molecule has 0 bridgehead atoms. The molecule has 2 N–H and O–H groups in total. The Kier molecular flexibility index (Phi) is 5.34.